The van der Waals surface area contributed by atoms with E-state index in [1.165, 1.54) is 0 Å². The number of nitrogens with two attached hydrogens (primary N) is 1. The summed E-state index contributed by atoms with van der Waals surface area (Å²) in [6.07, 6.45) is 0.632. The largest absolute Gasteiger partial charge is 0.461 e. The van der Waals surface area contributed by atoms with E-state index in [2.05, 4.69) is 20.4 Å². The molecule has 0 bridgehead atoms. The van der Waals surface area contributed by atoms with Gasteiger partial charge in [-0.05, 0) is 27.2 Å². The Balaban J connectivity index is 2.24. The van der Waals surface area contributed by atoms with E-state index in [-0.39, 0.29) is 18.1 Å². The topological polar surface area (TPSA) is 109 Å². The van der Waals surface area contributed by atoms with Crippen LogP contribution in [-0.2, 0) is 0 Å². The minimum atomic E-state index is -0.720. The normalized spacial score (nSPS) is 22.9. The van der Waals surface area contributed by atoms with Crippen molar-refractivity contribution in [2.24, 2.45) is 5.84 Å². The first-order valence-corrected chi connectivity index (χ1v) is 6.26. The fourth-order valence-corrected chi connectivity index (χ4v) is 1.93. The van der Waals surface area contributed by atoms with Gasteiger partial charge in [0.05, 0.1) is 11.7 Å². The number of hydrogen-bond donors (Lipinski definition) is 3. The fourth-order valence-electron chi connectivity index (χ4n) is 1.93. The molecule has 106 valence electrons. The van der Waals surface area contributed by atoms with Gasteiger partial charge in [0.25, 0.3) is 0 Å². The van der Waals surface area contributed by atoms with Crippen molar-refractivity contribution in [2.75, 3.05) is 23.4 Å². The summed E-state index contributed by atoms with van der Waals surface area (Å²) in [5.41, 5.74) is 1.67. The molecule has 0 radical (unpaired) electrons. The molecule has 4 N–H and O–H groups in total. The average Bonchev–Trinajstić information content (AvgIpc) is 2.68. The third-order valence-corrected chi connectivity index (χ3v) is 2.81. The molecule has 2 heterocycles. The fraction of sp³-hybridized carbons (Fsp3) is 0.727. The maximum atomic E-state index is 9.98. The van der Waals surface area contributed by atoms with Gasteiger partial charge >= 0.3 is 6.01 Å². The van der Waals surface area contributed by atoms with Crippen molar-refractivity contribution in [3.8, 4) is 6.01 Å². The van der Waals surface area contributed by atoms with Crippen molar-refractivity contribution in [2.45, 2.75) is 38.9 Å². The van der Waals surface area contributed by atoms with Crippen LogP contribution in [0.5, 0.6) is 6.01 Å². The molecule has 0 aromatic carbocycles. The summed E-state index contributed by atoms with van der Waals surface area (Å²) in [7, 11) is 0. The van der Waals surface area contributed by atoms with Gasteiger partial charge in [-0.2, -0.15) is 15.0 Å². The summed E-state index contributed by atoms with van der Waals surface area (Å²) in [6.45, 7) is 6.73. The molecular formula is C11H20N6O2. The first-order valence-electron chi connectivity index (χ1n) is 6.26. The highest BCUT2D eigenvalue weighted by molar-refractivity contribution is 5.39. The van der Waals surface area contributed by atoms with Crippen LogP contribution in [0.15, 0.2) is 0 Å². The molecule has 19 heavy (non-hydrogen) atoms. The lowest BCUT2D eigenvalue weighted by Gasteiger charge is -2.19. The summed E-state index contributed by atoms with van der Waals surface area (Å²) in [5.74, 6) is 6.04. The number of nitrogens with zero attached hydrogens (tertiary/aromatic N) is 4. The van der Waals surface area contributed by atoms with Crippen molar-refractivity contribution >= 4 is 11.9 Å². The van der Waals surface area contributed by atoms with E-state index >= 15 is 0 Å². The van der Waals surface area contributed by atoms with Gasteiger partial charge in [-0.25, -0.2) is 5.84 Å². The van der Waals surface area contributed by atoms with Gasteiger partial charge in [0, 0.05) is 13.1 Å². The van der Waals surface area contributed by atoms with Crippen LogP contribution >= 0.6 is 0 Å². The van der Waals surface area contributed by atoms with Crippen molar-refractivity contribution in [3.63, 3.8) is 0 Å². The Bertz CT molecular complexity index is 451. The van der Waals surface area contributed by atoms with Crippen LogP contribution in [0.1, 0.15) is 27.2 Å². The predicted octanol–water partition coefficient (Wildman–Crippen LogP) is -0.0945. The van der Waals surface area contributed by atoms with E-state index in [1.54, 1.807) is 6.92 Å². The number of hydrazine groups is 1. The number of hydrogen-bond acceptors (Lipinski definition) is 8. The number of nitrogen functional groups attached to an aromatic ring is 1. The van der Waals surface area contributed by atoms with E-state index in [0.717, 1.165) is 0 Å². The lowest BCUT2D eigenvalue weighted by atomic mass is 10.1. The van der Waals surface area contributed by atoms with Gasteiger partial charge in [0.2, 0.25) is 11.9 Å². The van der Waals surface area contributed by atoms with Crippen molar-refractivity contribution in [1.82, 2.24) is 15.0 Å². The van der Waals surface area contributed by atoms with Crippen molar-refractivity contribution in [3.05, 3.63) is 0 Å². The molecule has 1 saturated heterocycles. The monoisotopic (exact) mass is 268 g/mol. The number of nitrogens with one attached hydrogen (secondary N) is 1. The summed E-state index contributed by atoms with van der Waals surface area (Å²) < 4.78 is 5.46. The van der Waals surface area contributed by atoms with E-state index in [1.807, 2.05) is 18.7 Å². The Kier molecular flexibility index (Phi) is 3.72. The van der Waals surface area contributed by atoms with E-state index < -0.39 is 5.60 Å². The number of aliphatic hydroxyl groups is 1. The third kappa shape index (κ3) is 3.42. The van der Waals surface area contributed by atoms with Crippen molar-refractivity contribution in [1.29, 1.82) is 0 Å². The van der Waals surface area contributed by atoms with E-state index in [9.17, 15) is 5.11 Å². The standard InChI is InChI=1S/C11H20N6O2/c1-7(2)19-10-14-8(16-12)13-9(15-10)17-5-4-11(3,18)6-17/h7,18H,4-6,12H2,1-3H3,(H,13,14,15,16). The van der Waals surface area contributed by atoms with Crippen LogP contribution in [0.25, 0.3) is 0 Å². The van der Waals surface area contributed by atoms with Gasteiger partial charge in [0.15, 0.2) is 0 Å². The van der Waals surface area contributed by atoms with E-state index in [4.69, 9.17) is 10.6 Å². The van der Waals surface area contributed by atoms with Gasteiger partial charge < -0.3 is 14.7 Å². The highest BCUT2D eigenvalue weighted by Gasteiger charge is 2.33. The van der Waals surface area contributed by atoms with E-state index in [0.29, 0.717) is 25.5 Å². The lowest BCUT2D eigenvalue weighted by Crippen LogP contribution is -2.31. The van der Waals surface area contributed by atoms with Gasteiger partial charge in [-0.15, -0.1) is 0 Å². The molecule has 1 unspecified atom stereocenters. The highest BCUT2D eigenvalue weighted by Crippen LogP contribution is 2.25. The zero-order valence-corrected chi connectivity index (χ0v) is 11.4. The Hall–Kier alpha value is -1.67. The summed E-state index contributed by atoms with van der Waals surface area (Å²) >= 11 is 0. The van der Waals surface area contributed by atoms with Crippen LogP contribution in [0, 0.1) is 0 Å². The molecule has 1 fully saturated rings. The summed E-state index contributed by atoms with van der Waals surface area (Å²) in [4.78, 5) is 14.3. The second-order valence-corrected chi connectivity index (χ2v) is 5.22. The minimum absolute atomic E-state index is 0.0393. The maximum Gasteiger partial charge on any atom is 0.323 e. The maximum absolute atomic E-state index is 9.98. The number of ether oxygens (including phenoxy) is 1. The molecule has 0 aliphatic carbocycles. The molecule has 1 aliphatic rings. The SMILES string of the molecule is CC(C)Oc1nc(NN)nc(N2CCC(C)(O)C2)n1. The molecule has 1 aromatic rings. The molecule has 1 aromatic heterocycles. The zero-order valence-electron chi connectivity index (χ0n) is 11.4. The Morgan fingerprint density at radius 3 is 2.68 bits per heavy atom. The summed E-state index contributed by atoms with van der Waals surface area (Å²) in [5, 5.41) is 9.98. The summed E-state index contributed by atoms with van der Waals surface area (Å²) in [6, 6.07) is 0.222. The molecule has 1 atom stereocenters. The second-order valence-electron chi connectivity index (χ2n) is 5.22. The van der Waals surface area contributed by atoms with Crippen LogP contribution in [0.4, 0.5) is 11.9 Å². The van der Waals surface area contributed by atoms with Crippen molar-refractivity contribution < 1.29 is 9.84 Å². The minimum Gasteiger partial charge on any atom is -0.461 e. The molecular weight excluding hydrogens is 248 g/mol. The number of anilines is 2. The zero-order chi connectivity index (χ0) is 14.0. The average molecular weight is 268 g/mol. The van der Waals surface area contributed by atoms with Gasteiger partial charge in [0.1, 0.15) is 0 Å². The van der Waals surface area contributed by atoms with Gasteiger partial charge in [-0.3, -0.25) is 5.43 Å². The predicted molar refractivity (Wildman–Crippen MR) is 70.9 cm³/mol. The number of aromatic nitrogens is 3. The van der Waals surface area contributed by atoms with Crippen LogP contribution in [-0.4, -0.2) is 44.9 Å². The van der Waals surface area contributed by atoms with Crippen LogP contribution in [0.2, 0.25) is 0 Å². The molecule has 0 saturated carbocycles. The first kappa shape index (κ1) is 13.8. The molecule has 8 heteroatoms. The first-order chi connectivity index (χ1) is 8.89. The van der Waals surface area contributed by atoms with Crippen LogP contribution < -0.4 is 20.9 Å². The molecule has 0 spiro atoms. The quantitative estimate of drug-likeness (QED) is 0.513. The second kappa shape index (κ2) is 5.14. The van der Waals surface area contributed by atoms with Crippen LogP contribution in [0.3, 0.4) is 0 Å². The highest BCUT2D eigenvalue weighted by atomic mass is 16.5. The number of rotatable bonds is 4. The Labute approximate surface area is 112 Å². The molecule has 8 nitrogen and oxygen atoms in total. The molecule has 2 rings (SSSR count). The van der Waals surface area contributed by atoms with Gasteiger partial charge in [-0.1, -0.05) is 0 Å². The Morgan fingerprint density at radius 2 is 2.16 bits per heavy atom. The smallest absolute Gasteiger partial charge is 0.323 e. The molecule has 1 aliphatic heterocycles. The third-order valence-electron chi connectivity index (χ3n) is 2.81. The Morgan fingerprint density at radius 1 is 1.42 bits per heavy atom. The lowest BCUT2D eigenvalue weighted by molar-refractivity contribution is 0.0838. The molecule has 0 amide bonds. The number of β-amino-alcohol motifs (C(OH)–C–C–N with tert-alkyl or cyclic N) is 1.